The zero-order valence-electron chi connectivity index (χ0n) is 16.5. The summed E-state index contributed by atoms with van der Waals surface area (Å²) in [4.78, 5) is 0. The molecule has 0 bridgehead atoms. The molecule has 1 heterocycles. The lowest BCUT2D eigenvalue weighted by Crippen LogP contribution is -2.16. The minimum atomic E-state index is 0.147. The molecule has 0 fully saturated rings. The van der Waals surface area contributed by atoms with Crippen molar-refractivity contribution < 1.29 is 9.47 Å². The molecule has 2 nitrogen and oxygen atoms in total. The monoisotopic (exact) mass is 358 g/mol. The first-order valence-electron chi connectivity index (χ1n) is 9.57. The number of benzene rings is 3. The molecule has 27 heavy (non-hydrogen) atoms. The predicted molar refractivity (Wildman–Crippen MR) is 111 cm³/mol. The molecule has 1 aliphatic rings. The zero-order chi connectivity index (χ0) is 19.0. The van der Waals surface area contributed by atoms with Crippen LogP contribution in [0.25, 0.3) is 11.1 Å². The molecule has 2 heteroatoms. The lowest BCUT2D eigenvalue weighted by atomic mass is 9.91. The summed E-state index contributed by atoms with van der Waals surface area (Å²) in [6.07, 6.45) is 2.20. The number of methoxy groups -OCH3 is 1. The molecule has 1 unspecified atom stereocenters. The summed E-state index contributed by atoms with van der Waals surface area (Å²) in [5.74, 6) is 2.03. The van der Waals surface area contributed by atoms with Gasteiger partial charge in [-0.05, 0) is 96.8 Å². The molecule has 4 rings (SSSR count). The molecule has 0 N–H and O–H groups in total. The molecular formula is C25H26O2. The maximum atomic E-state index is 6.40. The number of fused-ring (bicyclic) bond motifs is 1. The molecular weight excluding hydrogens is 332 g/mol. The third-order valence-corrected chi connectivity index (χ3v) is 5.46. The van der Waals surface area contributed by atoms with Crippen LogP contribution in [0.1, 0.15) is 40.3 Å². The van der Waals surface area contributed by atoms with E-state index in [2.05, 4.69) is 75.4 Å². The maximum absolute atomic E-state index is 6.40. The summed E-state index contributed by atoms with van der Waals surface area (Å²) >= 11 is 0. The van der Waals surface area contributed by atoms with Crippen LogP contribution in [0.2, 0.25) is 0 Å². The molecule has 3 aromatic rings. The van der Waals surface area contributed by atoms with Gasteiger partial charge in [0.2, 0.25) is 0 Å². The number of hydrogen-bond donors (Lipinski definition) is 0. The molecule has 0 saturated heterocycles. The number of hydrogen-bond acceptors (Lipinski definition) is 2. The quantitative estimate of drug-likeness (QED) is 0.543. The Labute approximate surface area is 161 Å². The SMILES string of the molecule is COc1c(C)cc(-c2cc(C)c3c(c2)CCC(c2ccccc2)O3)cc1C. The van der Waals surface area contributed by atoms with E-state index in [1.165, 1.54) is 38.9 Å². The highest BCUT2D eigenvalue weighted by Crippen LogP contribution is 2.40. The van der Waals surface area contributed by atoms with Gasteiger partial charge in [0.05, 0.1) is 7.11 Å². The molecule has 1 atom stereocenters. The van der Waals surface area contributed by atoms with Crippen LogP contribution in [0.4, 0.5) is 0 Å². The van der Waals surface area contributed by atoms with Gasteiger partial charge in [-0.25, -0.2) is 0 Å². The van der Waals surface area contributed by atoms with Crippen molar-refractivity contribution in [2.75, 3.05) is 7.11 Å². The molecule has 0 saturated carbocycles. The average molecular weight is 358 g/mol. The van der Waals surface area contributed by atoms with Crippen LogP contribution in [0.3, 0.4) is 0 Å². The topological polar surface area (TPSA) is 18.5 Å². The first kappa shape index (κ1) is 17.7. The Morgan fingerprint density at radius 1 is 0.852 bits per heavy atom. The van der Waals surface area contributed by atoms with Crippen molar-refractivity contribution in [1.82, 2.24) is 0 Å². The largest absolute Gasteiger partial charge is 0.496 e. The minimum Gasteiger partial charge on any atom is -0.496 e. The fraction of sp³-hybridized carbons (Fsp3) is 0.280. The van der Waals surface area contributed by atoms with Gasteiger partial charge in [0.25, 0.3) is 0 Å². The van der Waals surface area contributed by atoms with E-state index in [9.17, 15) is 0 Å². The second kappa shape index (κ2) is 7.11. The highest BCUT2D eigenvalue weighted by molar-refractivity contribution is 5.70. The van der Waals surface area contributed by atoms with Crippen molar-refractivity contribution in [2.24, 2.45) is 0 Å². The van der Waals surface area contributed by atoms with E-state index in [1.54, 1.807) is 7.11 Å². The standard InChI is InChI=1S/C25H26O2/c1-16-12-21(13-17(2)24(16)26-4)22-14-18(3)25-20(15-22)10-11-23(27-25)19-8-6-5-7-9-19/h5-9,12-15,23H,10-11H2,1-4H3. The summed E-state index contributed by atoms with van der Waals surface area (Å²) < 4.78 is 11.9. The molecule has 0 aromatic heterocycles. The average Bonchev–Trinajstić information content (AvgIpc) is 2.68. The fourth-order valence-corrected chi connectivity index (χ4v) is 4.20. The first-order valence-corrected chi connectivity index (χ1v) is 9.57. The molecule has 0 radical (unpaired) electrons. The van der Waals surface area contributed by atoms with Crippen LogP contribution in [0.15, 0.2) is 54.6 Å². The molecule has 3 aromatic carbocycles. The molecule has 0 amide bonds. The second-order valence-corrected chi connectivity index (χ2v) is 7.48. The summed E-state index contributed by atoms with van der Waals surface area (Å²) in [6, 6.07) is 19.5. The van der Waals surface area contributed by atoms with Crippen molar-refractivity contribution in [1.29, 1.82) is 0 Å². The minimum absolute atomic E-state index is 0.147. The molecule has 1 aliphatic heterocycles. The highest BCUT2D eigenvalue weighted by Gasteiger charge is 2.23. The van der Waals surface area contributed by atoms with Crippen molar-refractivity contribution in [2.45, 2.75) is 39.7 Å². The van der Waals surface area contributed by atoms with Gasteiger partial charge in [0.15, 0.2) is 0 Å². The summed E-state index contributed by atoms with van der Waals surface area (Å²) in [5, 5.41) is 0. The van der Waals surface area contributed by atoms with Gasteiger partial charge in [0, 0.05) is 0 Å². The summed E-state index contributed by atoms with van der Waals surface area (Å²) in [5.41, 5.74) is 8.60. The van der Waals surface area contributed by atoms with Crippen LogP contribution in [-0.2, 0) is 6.42 Å². The fourth-order valence-electron chi connectivity index (χ4n) is 4.20. The van der Waals surface area contributed by atoms with Crippen LogP contribution in [0.5, 0.6) is 11.5 Å². The van der Waals surface area contributed by atoms with Crippen molar-refractivity contribution in [3.05, 3.63) is 82.4 Å². The Morgan fingerprint density at radius 2 is 1.48 bits per heavy atom. The Kier molecular flexibility index (Phi) is 4.65. The Morgan fingerprint density at radius 3 is 2.15 bits per heavy atom. The Bertz CT molecular complexity index is 950. The lowest BCUT2D eigenvalue weighted by Gasteiger charge is -2.28. The predicted octanol–water partition coefficient (Wildman–Crippen LogP) is 6.35. The van der Waals surface area contributed by atoms with Crippen LogP contribution < -0.4 is 9.47 Å². The maximum Gasteiger partial charge on any atom is 0.126 e. The van der Waals surface area contributed by atoms with E-state index in [1.807, 2.05) is 0 Å². The number of aryl methyl sites for hydroxylation is 4. The number of rotatable bonds is 3. The van der Waals surface area contributed by atoms with E-state index in [-0.39, 0.29) is 6.10 Å². The molecule has 0 aliphatic carbocycles. The van der Waals surface area contributed by atoms with Gasteiger partial charge >= 0.3 is 0 Å². The van der Waals surface area contributed by atoms with E-state index in [0.717, 1.165) is 24.3 Å². The summed E-state index contributed by atoms with van der Waals surface area (Å²) in [6.45, 7) is 6.36. The molecule has 0 spiro atoms. The Balaban J connectivity index is 1.69. The van der Waals surface area contributed by atoms with Crippen LogP contribution in [-0.4, -0.2) is 7.11 Å². The smallest absolute Gasteiger partial charge is 0.126 e. The van der Waals surface area contributed by atoms with E-state index >= 15 is 0 Å². The van der Waals surface area contributed by atoms with Crippen molar-refractivity contribution in [3.8, 4) is 22.6 Å². The zero-order valence-corrected chi connectivity index (χ0v) is 16.5. The van der Waals surface area contributed by atoms with Crippen molar-refractivity contribution in [3.63, 3.8) is 0 Å². The van der Waals surface area contributed by atoms with Gasteiger partial charge < -0.3 is 9.47 Å². The van der Waals surface area contributed by atoms with Crippen LogP contribution in [0, 0.1) is 20.8 Å². The summed E-state index contributed by atoms with van der Waals surface area (Å²) in [7, 11) is 1.73. The second-order valence-electron chi connectivity index (χ2n) is 7.48. The van der Waals surface area contributed by atoms with E-state index < -0.39 is 0 Å². The highest BCUT2D eigenvalue weighted by atomic mass is 16.5. The van der Waals surface area contributed by atoms with Crippen molar-refractivity contribution >= 4 is 0 Å². The van der Waals surface area contributed by atoms with Gasteiger partial charge in [-0.15, -0.1) is 0 Å². The number of ether oxygens (including phenoxy) is 2. The molecule has 138 valence electrons. The van der Waals surface area contributed by atoms with Gasteiger partial charge in [-0.2, -0.15) is 0 Å². The van der Waals surface area contributed by atoms with Gasteiger partial charge in [-0.3, -0.25) is 0 Å². The Hall–Kier alpha value is -2.74. The van der Waals surface area contributed by atoms with E-state index in [4.69, 9.17) is 9.47 Å². The third kappa shape index (κ3) is 3.32. The lowest BCUT2D eigenvalue weighted by molar-refractivity contribution is 0.175. The van der Waals surface area contributed by atoms with E-state index in [0.29, 0.717) is 0 Å². The first-order chi connectivity index (χ1) is 13.1. The van der Waals surface area contributed by atoms with Gasteiger partial charge in [0.1, 0.15) is 17.6 Å². The van der Waals surface area contributed by atoms with Gasteiger partial charge in [-0.1, -0.05) is 30.3 Å². The van der Waals surface area contributed by atoms with Crippen LogP contribution >= 0.6 is 0 Å². The normalized spacial score (nSPS) is 15.8. The third-order valence-electron chi connectivity index (χ3n) is 5.46.